The molecule has 1 aliphatic heterocycles. The van der Waals surface area contributed by atoms with Crippen molar-refractivity contribution in [2.75, 3.05) is 17.2 Å². The van der Waals surface area contributed by atoms with Gasteiger partial charge in [-0.2, -0.15) is 0 Å². The van der Waals surface area contributed by atoms with Crippen LogP contribution >= 0.6 is 0 Å². The number of hydrogen-bond acceptors (Lipinski definition) is 2. The maximum atomic E-state index is 12.1. The van der Waals surface area contributed by atoms with Crippen LogP contribution in [0.1, 0.15) is 38.2 Å². The molecular weight excluding hydrogens is 212 g/mol. The van der Waals surface area contributed by atoms with E-state index in [0.29, 0.717) is 6.42 Å². The number of anilines is 2. The van der Waals surface area contributed by atoms with Gasteiger partial charge in [-0.1, -0.05) is 13.3 Å². The van der Waals surface area contributed by atoms with Crippen molar-refractivity contribution in [3.63, 3.8) is 0 Å². The molecule has 1 aromatic carbocycles. The van der Waals surface area contributed by atoms with Gasteiger partial charge in [0, 0.05) is 24.3 Å². The molecule has 0 bridgehead atoms. The molecule has 3 nitrogen and oxygen atoms in total. The number of unbranched alkanes of at least 4 members (excludes halogenated alkanes) is 1. The molecule has 0 fully saturated rings. The topological polar surface area (TPSA) is 46.3 Å². The zero-order chi connectivity index (χ0) is 12.3. The van der Waals surface area contributed by atoms with E-state index in [-0.39, 0.29) is 5.91 Å². The molecule has 0 saturated heterocycles. The Morgan fingerprint density at radius 2 is 2.29 bits per heavy atom. The molecule has 1 aliphatic rings. The maximum absolute atomic E-state index is 12.1. The van der Waals surface area contributed by atoms with Crippen LogP contribution in [0.4, 0.5) is 11.4 Å². The van der Waals surface area contributed by atoms with E-state index in [1.165, 1.54) is 5.56 Å². The Hall–Kier alpha value is -1.51. The van der Waals surface area contributed by atoms with E-state index in [4.69, 9.17) is 5.73 Å². The SMILES string of the molecule is CCCCC(=O)N1CCCc2cc(N)ccc21. The maximum Gasteiger partial charge on any atom is 0.226 e. The summed E-state index contributed by atoms with van der Waals surface area (Å²) in [5, 5.41) is 0. The van der Waals surface area contributed by atoms with Crippen molar-refractivity contribution < 1.29 is 4.79 Å². The number of nitrogens with two attached hydrogens (primary N) is 1. The largest absolute Gasteiger partial charge is 0.399 e. The van der Waals surface area contributed by atoms with Gasteiger partial charge in [0.05, 0.1) is 0 Å². The molecule has 2 N–H and O–H groups in total. The fourth-order valence-corrected chi connectivity index (χ4v) is 2.34. The van der Waals surface area contributed by atoms with Gasteiger partial charge in [-0.05, 0) is 43.0 Å². The van der Waals surface area contributed by atoms with E-state index >= 15 is 0 Å². The number of amides is 1. The third kappa shape index (κ3) is 2.60. The van der Waals surface area contributed by atoms with Crippen LogP contribution in [0, 0.1) is 0 Å². The Bertz CT molecular complexity index is 415. The molecule has 0 radical (unpaired) electrons. The van der Waals surface area contributed by atoms with Gasteiger partial charge in [-0.15, -0.1) is 0 Å². The summed E-state index contributed by atoms with van der Waals surface area (Å²) in [5.41, 5.74) is 8.84. The lowest BCUT2D eigenvalue weighted by molar-refractivity contribution is -0.118. The van der Waals surface area contributed by atoms with Crippen molar-refractivity contribution in [3.8, 4) is 0 Å². The van der Waals surface area contributed by atoms with Crippen molar-refractivity contribution >= 4 is 17.3 Å². The third-order valence-corrected chi connectivity index (χ3v) is 3.27. The van der Waals surface area contributed by atoms with E-state index in [2.05, 4.69) is 6.92 Å². The number of carbonyl (C=O) groups is 1. The van der Waals surface area contributed by atoms with Crippen LogP contribution < -0.4 is 10.6 Å². The molecular formula is C14H20N2O. The first-order chi connectivity index (χ1) is 8.22. The van der Waals surface area contributed by atoms with Crippen LogP contribution in [0.15, 0.2) is 18.2 Å². The van der Waals surface area contributed by atoms with Gasteiger partial charge in [-0.3, -0.25) is 4.79 Å². The number of hydrogen-bond donors (Lipinski definition) is 1. The van der Waals surface area contributed by atoms with Gasteiger partial charge in [-0.25, -0.2) is 0 Å². The third-order valence-electron chi connectivity index (χ3n) is 3.27. The minimum atomic E-state index is 0.248. The molecule has 0 aromatic heterocycles. The summed E-state index contributed by atoms with van der Waals surface area (Å²) in [4.78, 5) is 14.0. The van der Waals surface area contributed by atoms with Crippen molar-refractivity contribution in [1.29, 1.82) is 0 Å². The van der Waals surface area contributed by atoms with E-state index in [9.17, 15) is 4.79 Å². The van der Waals surface area contributed by atoms with E-state index in [1.54, 1.807) is 0 Å². The number of aryl methyl sites for hydroxylation is 1. The van der Waals surface area contributed by atoms with Crippen LogP contribution in [-0.4, -0.2) is 12.5 Å². The molecule has 1 amide bonds. The Morgan fingerprint density at radius 3 is 3.06 bits per heavy atom. The summed E-state index contributed by atoms with van der Waals surface area (Å²) >= 11 is 0. The second-order valence-electron chi connectivity index (χ2n) is 4.64. The van der Waals surface area contributed by atoms with E-state index < -0.39 is 0 Å². The fourth-order valence-electron chi connectivity index (χ4n) is 2.34. The van der Waals surface area contributed by atoms with Crippen LogP contribution in [0.5, 0.6) is 0 Å². The summed E-state index contributed by atoms with van der Waals surface area (Å²) in [5.74, 6) is 0.248. The monoisotopic (exact) mass is 232 g/mol. The molecule has 3 heteroatoms. The molecule has 17 heavy (non-hydrogen) atoms. The van der Waals surface area contributed by atoms with E-state index in [1.807, 2.05) is 23.1 Å². The quantitative estimate of drug-likeness (QED) is 0.814. The number of nitrogen functional groups attached to an aromatic ring is 1. The van der Waals surface area contributed by atoms with Crippen molar-refractivity contribution in [2.24, 2.45) is 0 Å². The Balaban J connectivity index is 2.19. The highest BCUT2D eigenvalue weighted by atomic mass is 16.2. The second kappa shape index (κ2) is 5.21. The van der Waals surface area contributed by atoms with Gasteiger partial charge in [0.2, 0.25) is 5.91 Å². The van der Waals surface area contributed by atoms with Crippen molar-refractivity contribution in [2.45, 2.75) is 39.0 Å². The lowest BCUT2D eigenvalue weighted by Crippen LogP contribution is -2.35. The molecule has 0 spiro atoms. The highest BCUT2D eigenvalue weighted by molar-refractivity contribution is 5.94. The fraction of sp³-hybridized carbons (Fsp3) is 0.500. The molecule has 0 aliphatic carbocycles. The van der Waals surface area contributed by atoms with Gasteiger partial charge in [0.15, 0.2) is 0 Å². The first kappa shape index (κ1) is 12.0. The highest BCUT2D eigenvalue weighted by Crippen LogP contribution is 2.29. The standard InChI is InChI=1S/C14H20N2O/c1-2-3-6-14(17)16-9-4-5-11-10-12(15)7-8-13(11)16/h7-8,10H,2-6,9,15H2,1H3. The number of rotatable bonds is 3. The number of benzene rings is 1. The average Bonchev–Trinajstić information content (AvgIpc) is 2.34. The van der Waals surface area contributed by atoms with Gasteiger partial charge < -0.3 is 10.6 Å². The average molecular weight is 232 g/mol. The molecule has 0 unspecified atom stereocenters. The summed E-state index contributed by atoms with van der Waals surface area (Å²) in [6.45, 7) is 2.96. The van der Waals surface area contributed by atoms with Gasteiger partial charge >= 0.3 is 0 Å². The summed E-state index contributed by atoms with van der Waals surface area (Å²) in [7, 11) is 0. The van der Waals surface area contributed by atoms with Gasteiger partial charge in [0.25, 0.3) is 0 Å². The highest BCUT2D eigenvalue weighted by Gasteiger charge is 2.21. The predicted octanol–water partition coefficient (Wildman–Crippen LogP) is 2.74. The predicted molar refractivity (Wildman–Crippen MR) is 71.1 cm³/mol. The Morgan fingerprint density at radius 1 is 1.47 bits per heavy atom. The molecule has 0 atom stereocenters. The van der Waals surface area contributed by atoms with E-state index in [0.717, 1.165) is 43.6 Å². The summed E-state index contributed by atoms with van der Waals surface area (Å²) in [6, 6.07) is 5.85. The zero-order valence-electron chi connectivity index (χ0n) is 10.4. The Kier molecular flexibility index (Phi) is 3.67. The second-order valence-corrected chi connectivity index (χ2v) is 4.64. The lowest BCUT2D eigenvalue weighted by Gasteiger charge is -2.29. The number of nitrogens with zero attached hydrogens (tertiary/aromatic N) is 1. The number of carbonyl (C=O) groups excluding carboxylic acids is 1. The smallest absolute Gasteiger partial charge is 0.226 e. The van der Waals surface area contributed by atoms with Crippen molar-refractivity contribution in [1.82, 2.24) is 0 Å². The van der Waals surface area contributed by atoms with Crippen LogP contribution in [0.2, 0.25) is 0 Å². The summed E-state index contributed by atoms with van der Waals surface area (Å²) in [6.07, 6.45) is 4.75. The first-order valence-electron chi connectivity index (χ1n) is 6.41. The lowest BCUT2D eigenvalue weighted by atomic mass is 10.0. The van der Waals surface area contributed by atoms with Crippen LogP contribution in [0.25, 0.3) is 0 Å². The van der Waals surface area contributed by atoms with Crippen LogP contribution in [0.3, 0.4) is 0 Å². The minimum Gasteiger partial charge on any atom is -0.399 e. The summed E-state index contributed by atoms with van der Waals surface area (Å²) < 4.78 is 0. The molecule has 92 valence electrons. The molecule has 1 aromatic rings. The molecule has 2 rings (SSSR count). The minimum absolute atomic E-state index is 0.248. The molecule has 0 saturated carbocycles. The number of fused-ring (bicyclic) bond motifs is 1. The first-order valence-corrected chi connectivity index (χ1v) is 6.41. The zero-order valence-corrected chi connectivity index (χ0v) is 10.4. The Labute approximate surface area is 103 Å². The van der Waals surface area contributed by atoms with Crippen molar-refractivity contribution in [3.05, 3.63) is 23.8 Å². The van der Waals surface area contributed by atoms with Gasteiger partial charge in [0.1, 0.15) is 0 Å². The molecule has 1 heterocycles. The van der Waals surface area contributed by atoms with Crippen LogP contribution in [-0.2, 0) is 11.2 Å². The normalized spacial score (nSPS) is 14.5.